The second-order valence-electron chi connectivity index (χ2n) is 3.45. The number of thiocarbonyl (C=S) groups is 2. The van der Waals surface area contributed by atoms with Crippen LogP contribution in [0.15, 0.2) is 24.3 Å². The zero-order valence-electron chi connectivity index (χ0n) is 8.90. The Bertz CT molecular complexity index is 416. The topological polar surface area (TPSA) is 24.5 Å². The van der Waals surface area contributed by atoms with Gasteiger partial charge in [-0.05, 0) is 36.5 Å². The van der Waals surface area contributed by atoms with Crippen molar-refractivity contribution in [1.82, 2.24) is 5.32 Å². The SMILES string of the molecule is COc1ccc(N2CCC(=S)NC2=S)cc1. The minimum absolute atomic E-state index is 0.668. The Hall–Kier alpha value is -1.20. The number of rotatable bonds is 2. The van der Waals surface area contributed by atoms with Crippen LogP contribution in [0.25, 0.3) is 0 Å². The van der Waals surface area contributed by atoms with E-state index in [0.717, 1.165) is 29.4 Å². The summed E-state index contributed by atoms with van der Waals surface area (Å²) in [5, 5.41) is 3.68. The molecule has 0 spiro atoms. The fraction of sp³-hybridized carbons (Fsp3) is 0.273. The highest BCUT2D eigenvalue weighted by molar-refractivity contribution is 7.82. The standard InChI is InChI=1S/C11H12N2OS2/c1-14-9-4-2-8(3-5-9)13-7-6-10(15)12-11(13)16/h2-5H,6-7H2,1H3,(H,12,15,16). The molecular formula is C11H12N2OS2. The number of hydrogen-bond acceptors (Lipinski definition) is 3. The van der Waals surface area contributed by atoms with Crippen LogP contribution in [0.2, 0.25) is 0 Å². The van der Waals surface area contributed by atoms with E-state index in [0.29, 0.717) is 5.11 Å². The van der Waals surface area contributed by atoms with Crippen molar-refractivity contribution in [3.05, 3.63) is 24.3 Å². The molecule has 3 nitrogen and oxygen atoms in total. The van der Waals surface area contributed by atoms with E-state index in [2.05, 4.69) is 5.32 Å². The number of anilines is 1. The molecule has 84 valence electrons. The van der Waals surface area contributed by atoms with Crippen molar-refractivity contribution >= 4 is 40.2 Å². The predicted octanol–water partition coefficient (Wildman–Crippen LogP) is 2.11. The molecular weight excluding hydrogens is 240 g/mol. The Kier molecular flexibility index (Phi) is 3.36. The number of nitrogens with one attached hydrogen (secondary N) is 1. The minimum Gasteiger partial charge on any atom is -0.497 e. The van der Waals surface area contributed by atoms with Crippen LogP contribution in [0.1, 0.15) is 6.42 Å². The van der Waals surface area contributed by atoms with Crippen LogP contribution in [0.4, 0.5) is 5.69 Å². The van der Waals surface area contributed by atoms with Crippen LogP contribution in [0.3, 0.4) is 0 Å². The van der Waals surface area contributed by atoms with E-state index in [4.69, 9.17) is 29.2 Å². The third kappa shape index (κ3) is 2.31. The molecule has 0 aromatic heterocycles. The maximum absolute atomic E-state index is 5.24. The van der Waals surface area contributed by atoms with Gasteiger partial charge < -0.3 is 15.0 Å². The smallest absolute Gasteiger partial charge is 0.178 e. The van der Waals surface area contributed by atoms with Gasteiger partial charge >= 0.3 is 0 Å². The lowest BCUT2D eigenvalue weighted by Crippen LogP contribution is -2.48. The molecule has 1 aromatic rings. The van der Waals surface area contributed by atoms with Gasteiger partial charge in [-0.2, -0.15) is 0 Å². The van der Waals surface area contributed by atoms with E-state index in [1.807, 2.05) is 29.2 Å². The molecule has 1 saturated heterocycles. The van der Waals surface area contributed by atoms with Crippen LogP contribution in [-0.2, 0) is 0 Å². The number of nitrogens with zero attached hydrogens (tertiary/aromatic N) is 1. The molecule has 1 heterocycles. The molecule has 2 rings (SSSR count). The zero-order valence-corrected chi connectivity index (χ0v) is 10.5. The molecule has 16 heavy (non-hydrogen) atoms. The molecule has 1 fully saturated rings. The first-order chi connectivity index (χ1) is 7.70. The molecule has 1 N–H and O–H groups in total. The molecule has 5 heteroatoms. The normalized spacial score (nSPS) is 15.9. The Morgan fingerprint density at radius 2 is 1.94 bits per heavy atom. The minimum atomic E-state index is 0.668. The van der Waals surface area contributed by atoms with Crippen molar-refractivity contribution in [3.8, 4) is 5.75 Å². The van der Waals surface area contributed by atoms with Gasteiger partial charge in [-0.3, -0.25) is 0 Å². The fourth-order valence-corrected chi connectivity index (χ4v) is 2.15. The Labute approximate surface area is 105 Å². The lowest BCUT2D eigenvalue weighted by molar-refractivity contribution is 0.415. The van der Waals surface area contributed by atoms with E-state index in [9.17, 15) is 0 Å². The van der Waals surface area contributed by atoms with Gasteiger partial charge in [0.25, 0.3) is 0 Å². The van der Waals surface area contributed by atoms with Crippen molar-refractivity contribution < 1.29 is 4.74 Å². The zero-order chi connectivity index (χ0) is 11.5. The van der Waals surface area contributed by atoms with E-state index in [-0.39, 0.29) is 0 Å². The average Bonchev–Trinajstić information content (AvgIpc) is 2.29. The van der Waals surface area contributed by atoms with Crippen molar-refractivity contribution in [1.29, 1.82) is 0 Å². The summed E-state index contributed by atoms with van der Waals surface area (Å²) < 4.78 is 5.11. The maximum atomic E-state index is 5.24. The number of benzene rings is 1. The summed E-state index contributed by atoms with van der Waals surface area (Å²) in [6.07, 6.45) is 0.835. The summed E-state index contributed by atoms with van der Waals surface area (Å²) in [5.41, 5.74) is 1.06. The van der Waals surface area contributed by atoms with Crippen molar-refractivity contribution in [2.45, 2.75) is 6.42 Å². The van der Waals surface area contributed by atoms with Gasteiger partial charge in [0.15, 0.2) is 5.11 Å². The van der Waals surface area contributed by atoms with E-state index in [1.54, 1.807) is 7.11 Å². The molecule has 0 atom stereocenters. The molecule has 0 unspecified atom stereocenters. The summed E-state index contributed by atoms with van der Waals surface area (Å²) in [4.78, 5) is 2.85. The lowest BCUT2D eigenvalue weighted by Gasteiger charge is -2.30. The van der Waals surface area contributed by atoms with Crippen LogP contribution < -0.4 is 15.0 Å². The Balaban J connectivity index is 2.17. The Morgan fingerprint density at radius 1 is 1.25 bits per heavy atom. The van der Waals surface area contributed by atoms with Gasteiger partial charge in [0.05, 0.1) is 12.1 Å². The second-order valence-corrected chi connectivity index (χ2v) is 4.33. The summed E-state index contributed by atoms with van der Waals surface area (Å²) in [6.45, 7) is 0.830. The summed E-state index contributed by atoms with van der Waals surface area (Å²) >= 11 is 10.3. The monoisotopic (exact) mass is 252 g/mol. The predicted molar refractivity (Wildman–Crippen MR) is 73.3 cm³/mol. The third-order valence-electron chi connectivity index (χ3n) is 2.44. The highest BCUT2D eigenvalue weighted by Gasteiger charge is 2.18. The molecule has 1 aliphatic rings. The quantitative estimate of drug-likeness (QED) is 0.813. The number of methoxy groups -OCH3 is 1. The average molecular weight is 252 g/mol. The number of hydrogen-bond donors (Lipinski definition) is 1. The van der Waals surface area contributed by atoms with E-state index >= 15 is 0 Å². The fourth-order valence-electron chi connectivity index (χ4n) is 1.57. The summed E-state index contributed by atoms with van der Waals surface area (Å²) in [5.74, 6) is 0.843. The first-order valence-corrected chi connectivity index (χ1v) is 5.78. The molecule has 0 radical (unpaired) electrons. The van der Waals surface area contributed by atoms with Crippen molar-refractivity contribution in [2.75, 3.05) is 18.6 Å². The molecule has 0 aliphatic carbocycles. The van der Waals surface area contributed by atoms with Crippen LogP contribution in [0, 0.1) is 0 Å². The largest absolute Gasteiger partial charge is 0.497 e. The van der Waals surface area contributed by atoms with E-state index < -0.39 is 0 Å². The van der Waals surface area contributed by atoms with Crippen molar-refractivity contribution in [2.24, 2.45) is 0 Å². The van der Waals surface area contributed by atoms with Gasteiger partial charge in [0, 0.05) is 18.7 Å². The maximum Gasteiger partial charge on any atom is 0.178 e. The van der Waals surface area contributed by atoms with Gasteiger partial charge in [-0.1, -0.05) is 12.2 Å². The van der Waals surface area contributed by atoms with Crippen LogP contribution in [0.5, 0.6) is 5.75 Å². The van der Waals surface area contributed by atoms with Crippen LogP contribution in [-0.4, -0.2) is 23.8 Å². The number of ether oxygens (including phenoxy) is 1. The third-order valence-corrected chi connectivity index (χ3v) is 3.07. The second kappa shape index (κ2) is 4.76. The van der Waals surface area contributed by atoms with Crippen LogP contribution >= 0.6 is 24.4 Å². The highest BCUT2D eigenvalue weighted by Crippen LogP contribution is 2.21. The van der Waals surface area contributed by atoms with E-state index in [1.165, 1.54) is 0 Å². The van der Waals surface area contributed by atoms with Gasteiger partial charge in [0.1, 0.15) is 5.75 Å². The molecule has 0 saturated carbocycles. The molecule has 1 aliphatic heterocycles. The van der Waals surface area contributed by atoms with Gasteiger partial charge in [0.2, 0.25) is 0 Å². The molecule has 0 amide bonds. The van der Waals surface area contributed by atoms with Gasteiger partial charge in [-0.15, -0.1) is 0 Å². The molecule has 1 aromatic carbocycles. The summed E-state index contributed by atoms with van der Waals surface area (Å²) in [7, 11) is 1.65. The summed E-state index contributed by atoms with van der Waals surface area (Å²) in [6, 6.07) is 7.82. The van der Waals surface area contributed by atoms with Crippen molar-refractivity contribution in [3.63, 3.8) is 0 Å². The highest BCUT2D eigenvalue weighted by atomic mass is 32.1. The lowest BCUT2D eigenvalue weighted by atomic mass is 10.2. The Morgan fingerprint density at radius 3 is 2.50 bits per heavy atom. The first-order valence-electron chi connectivity index (χ1n) is 4.96. The molecule has 0 bridgehead atoms. The van der Waals surface area contributed by atoms with Gasteiger partial charge in [-0.25, -0.2) is 0 Å². The first kappa shape index (κ1) is 11.3.